The molecule has 3 aliphatic carbocycles. The van der Waals surface area contributed by atoms with Gasteiger partial charge in [0.15, 0.2) is 0 Å². The molecule has 3 saturated carbocycles. The van der Waals surface area contributed by atoms with Gasteiger partial charge in [-0.05, 0) is 63.0 Å². The average Bonchev–Trinajstić information content (AvgIpc) is 3.72. The van der Waals surface area contributed by atoms with E-state index in [0.717, 1.165) is 61.6 Å². The molecule has 1 atom stereocenters. The lowest BCUT2D eigenvalue weighted by molar-refractivity contribution is -0.147. The number of anilines is 1. The van der Waals surface area contributed by atoms with Gasteiger partial charge >= 0.3 is 0 Å². The number of imide groups is 2. The minimum absolute atomic E-state index is 0.0510. The third-order valence-electron chi connectivity index (χ3n) is 9.58. The Morgan fingerprint density at radius 2 is 1.85 bits per heavy atom. The molecule has 40 heavy (non-hydrogen) atoms. The minimum atomic E-state index is -0.999. The number of hydrogen-bond acceptors (Lipinski definition) is 7. The van der Waals surface area contributed by atoms with E-state index in [1.165, 1.54) is 6.42 Å². The van der Waals surface area contributed by atoms with Crippen LogP contribution in [0.5, 0.6) is 0 Å². The van der Waals surface area contributed by atoms with Gasteiger partial charge < -0.3 is 10.2 Å². The van der Waals surface area contributed by atoms with Gasteiger partial charge in [0.2, 0.25) is 17.7 Å². The van der Waals surface area contributed by atoms with E-state index in [1.54, 1.807) is 24.4 Å². The van der Waals surface area contributed by atoms with Crippen LogP contribution in [0.25, 0.3) is 0 Å². The largest absolute Gasteiger partial charge is 0.380 e. The zero-order chi connectivity index (χ0) is 27.6. The van der Waals surface area contributed by atoms with Crippen molar-refractivity contribution in [3.63, 3.8) is 0 Å². The van der Waals surface area contributed by atoms with Gasteiger partial charge in [-0.25, -0.2) is 0 Å². The molecule has 0 radical (unpaired) electrons. The number of piperidine rings is 2. The fourth-order valence-electron chi connectivity index (χ4n) is 7.41. The maximum absolute atomic E-state index is 13.3. The molecule has 0 spiro atoms. The van der Waals surface area contributed by atoms with Crippen molar-refractivity contribution in [1.82, 2.24) is 24.9 Å². The third-order valence-corrected chi connectivity index (χ3v) is 9.58. The van der Waals surface area contributed by atoms with Crippen molar-refractivity contribution in [2.45, 2.75) is 70.0 Å². The van der Waals surface area contributed by atoms with Crippen LogP contribution in [0.15, 0.2) is 30.6 Å². The predicted molar refractivity (Wildman–Crippen MR) is 142 cm³/mol. The molecule has 2 saturated heterocycles. The highest BCUT2D eigenvalue weighted by molar-refractivity contribution is 6.25. The Hall–Kier alpha value is -4.02. The molecule has 2 aromatic rings. The molecule has 2 N–H and O–H groups in total. The van der Waals surface area contributed by atoms with Crippen molar-refractivity contribution >= 4 is 35.2 Å². The van der Waals surface area contributed by atoms with Crippen LogP contribution in [-0.4, -0.2) is 68.2 Å². The first-order valence-electron chi connectivity index (χ1n) is 14.2. The molecule has 11 nitrogen and oxygen atoms in total. The van der Waals surface area contributed by atoms with Crippen molar-refractivity contribution in [1.29, 1.82) is 0 Å². The molecule has 4 heterocycles. The van der Waals surface area contributed by atoms with E-state index in [4.69, 9.17) is 0 Å². The van der Waals surface area contributed by atoms with E-state index in [-0.39, 0.29) is 35.4 Å². The van der Waals surface area contributed by atoms with Crippen molar-refractivity contribution < 1.29 is 24.0 Å². The molecule has 5 amide bonds. The van der Waals surface area contributed by atoms with Gasteiger partial charge in [0.25, 0.3) is 11.8 Å². The number of fused-ring (bicyclic) bond motifs is 2. The van der Waals surface area contributed by atoms with Crippen molar-refractivity contribution in [2.24, 2.45) is 11.3 Å². The van der Waals surface area contributed by atoms with Gasteiger partial charge in [0.1, 0.15) is 6.04 Å². The van der Waals surface area contributed by atoms with E-state index < -0.39 is 29.7 Å². The summed E-state index contributed by atoms with van der Waals surface area (Å²) in [5.74, 6) is -0.954. The Bertz CT molecular complexity index is 1430. The van der Waals surface area contributed by atoms with E-state index >= 15 is 0 Å². The lowest BCUT2D eigenvalue weighted by Gasteiger charge is -2.43. The molecule has 6 aliphatic rings. The number of carbonyl (C=O) groups is 5. The number of aromatic nitrogens is 2. The molecule has 3 aliphatic heterocycles. The lowest BCUT2D eigenvalue weighted by Crippen LogP contribution is -2.54. The van der Waals surface area contributed by atoms with Gasteiger partial charge in [-0.15, -0.1) is 0 Å². The second-order valence-corrected chi connectivity index (χ2v) is 12.0. The van der Waals surface area contributed by atoms with Crippen molar-refractivity contribution in [3.05, 3.63) is 47.3 Å². The van der Waals surface area contributed by atoms with E-state index in [9.17, 15) is 24.0 Å². The molecule has 8 rings (SSSR count). The molecular formula is C29H32N6O5. The summed E-state index contributed by atoms with van der Waals surface area (Å²) in [5, 5.41) is 10.1. The second kappa shape index (κ2) is 9.28. The first-order chi connectivity index (χ1) is 19.3. The number of amides is 5. The highest BCUT2D eigenvalue weighted by Gasteiger charge is 2.56. The van der Waals surface area contributed by atoms with Gasteiger partial charge in [-0.3, -0.25) is 38.9 Å². The number of nitrogens with one attached hydrogen (secondary N) is 2. The summed E-state index contributed by atoms with van der Waals surface area (Å²) in [4.78, 5) is 66.4. The fourth-order valence-corrected chi connectivity index (χ4v) is 7.41. The average molecular weight is 545 g/mol. The molecule has 208 valence electrons. The molecule has 2 bridgehead atoms. The van der Waals surface area contributed by atoms with Crippen LogP contribution in [0.1, 0.15) is 83.7 Å². The van der Waals surface area contributed by atoms with Crippen molar-refractivity contribution in [3.8, 4) is 0 Å². The van der Waals surface area contributed by atoms with Crippen LogP contribution in [-0.2, 0) is 20.9 Å². The normalized spacial score (nSPS) is 28.0. The summed E-state index contributed by atoms with van der Waals surface area (Å²) in [6.45, 7) is 1.93. The second-order valence-electron chi connectivity index (χ2n) is 12.0. The van der Waals surface area contributed by atoms with Crippen molar-refractivity contribution in [2.75, 3.05) is 18.4 Å². The molecular weight excluding hydrogens is 512 g/mol. The molecule has 11 heteroatoms. The summed E-state index contributed by atoms with van der Waals surface area (Å²) >= 11 is 0. The van der Waals surface area contributed by atoms with Crippen LogP contribution >= 0.6 is 0 Å². The predicted octanol–water partition coefficient (Wildman–Crippen LogP) is 2.25. The van der Waals surface area contributed by atoms with E-state index in [2.05, 4.69) is 20.6 Å². The molecule has 1 aromatic carbocycles. The monoisotopic (exact) mass is 544 g/mol. The fraction of sp³-hybridized carbons (Fsp3) is 0.517. The summed E-state index contributed by atoms with van der Waals surface area (Å²) < 4.78 is 1.97. The molecule has 1 aromatic heterocycles. The van der Waals surface area contributed by atoms with Crippen LogP contribution in [0.4, 0.5) is 5.69 Å². The summed E-state index contributed by atoms with van der Waals surface area (Å²) in [6, 6.07) is 4.26. The first-order valence-corrected chi connectivity index (χ1v) is 14.2. The number of hydrogen-bond donors (Lipinski definition) is 2. The zero-order valence-electron chi connectivity index (χ0n) is 22.2. The Kier molecular flexibility index (Phi) is 5.79. The highest BCUT2D eigenvalue weighted by Crippen LogP contribution is 2.59. The van der Waals surface area contributed by atoms with Gasteiger partial charge in [0.05, 0.1) is 23.4 Å². The number of nitrogens with zero attached hydrogens (tertiary/aromatic N) is 4. The number of rotatable bonds is 6. The Balaban J connectivity index is 0.986. The maximum Gasteiger partial charge on any atom is 0.264 e. The molecule has 5 fully saturated rings. The Morgan fingerprint density at radius 1 is 1.05 bits per heavy atom. The van der Waals surface area contributed by atoms with Gasteiger partial charge in [-0.1, -0.05) is 6.07 Å². The summed E-state index contributed by atoms with van der Waals surface area (Å²) in [7, 11) is 0. The van der Waals surface area contributed by atoms with E-state index in [0.29, 0.717) is 18.1 Å². The Labute approximate surface area is 231 Å². The van der Waals surface area contributed by atoms with Gasteiger partial charge in [0, 0.05) is 48.9 Å². The van der Waals surface area contributed by atoms with Crippen LogP contribution in [0.3, 0.4) is 0 Å². The zero-order valence-corrected chi connectivity index (χ0v) is 22.2. The van der Waals surface area contributed by atoms with Crippen LogP contribution < -0.4 is 10.6 Å². The number of carbonyl (C=O) groups excluding carboxylic acids is 5. The Morgan fingerprint density at radius 3 is 2.58 bits per heavy atom. The summed E-state index contributed by atoms with van der Waals surface area (Å²) in [5.41, 5.74) is 1.87. The van der Waals surface area contributed by atoms with Crippen LogP contribution in [0.2, 0.25) is 0 Å². The standard InChI is InChI=1S/C29H32N6O5/c36-23-5-4-22(25(37)32-23)35-26(38)20-2-1-3-21(24(20)27(35)39)30-14-18-15-31-34(16-18)19-7-10-33(11-8-19)28(40)29-9-6-17(12-29)13-29/h1-3,15-17,19,22,30H,4-14H2,(H,32,36,37). The number of benzene rings is 1. The van der Waals surface area contributed by atoms with E-state index in [1.807, 2.05) is 10.9 Å². The smallest absolute Gasteiger partial charge is 0.264 e. The van der Waals surface area contributed by atoms with Gasteiger partial charge in [-0.2, -0.15) is 5.10 Å². The minimum Gasteiger partial charge on any atom is -0.380 e. The quantitative estimate of drug-likeness (QED) is 0.533. The maximum atomic E-state index is 13.3. The first kappa shape index (κ1) is 25.0. The third kappa shape index (κ3) is 3.93. The SMILES string of the molecule is O=C1CCC(N2C(=O)c3cccc(NCc4cnn(C5CCN(C(=O)C67CCC(C6)C7)CC5)c4)c3C2=O)C(=O)N1. The topological polar surface area (TPSA) is 134 Å². The van der Waals surface area contributed by atoms with Crippen LogP contribution in [0, 0.1) is 11.3 Å². The number of likely N-dealkylation sites (tertiary alicyclic amines) is 1. The highest BCUT2D eigenvalue weighted by atomic mass is 16.2. The lowest BCUT2D eigenvalue weighted by atomic mass is 9.68. The summed E-state index contributed by atoms with van der Waals surface area (Å²) in [6.07, 6.45) is 10.2. The molecule has 1 unspecified atom stereocenters.